The second-order valence-electron chi connectivity index (χ2n) is 3.57. The molecule has 0 radical (unpaired) electrons. The molecule has 0 aliphatic carbocycles. The smallest absolute Gasteiger partial charge is 0.338 e. The second-order valence-corrected chi connectivity index (χ2v) is 3.57. The van der Waals surface area contributed by atoms with Crippen LogP contribution in [-0.4, -0.2) is 31.3 Å². The number of nitrogens with zero attached hydrogens (tertiary/aromatic N) is 1. The van der Waals surface area contributed by atoms with Gasteiger partial charge in [-0.1, -0.05) is 0 Å². The van der Waals surface area contributed by atoms with Crippen LogP contribution in [0.4, 0.5) is 4.39 Å². The van der Waals surface area contributed by atoms with E-state index in [0.29, 0.717) is 22.2 Å². The summed E-state index contributed by atoms with van der Waals surface area (Å²) in [5, 5.41) is 0.626. The van der Waals surface area contributed by atoms with Crippen molar-refractivity contribution in [1.82, 2.24) is 4.98 Å². The van der Waals surface area contributed by atoms with E-state index >= 15 is 0 Å². The molecule has 0 aliphatic heterocycles. The highest BCUT2D eigenvalue weighted by Gasteiger charge is 2.11. The fraction of sp³-hybridized carbons (Fsp3) is 0.231. The van der Waals surface area contributed by atoms with Gasteiger partial charge in [0.15, 0.2) is 0 Å². The molecule has 4 nitrogen and oxygen atoms in total. The van der Waals surface area contributed by atoms with Gasteiger partial charge >= 0.3 is 5.97 Å². The Labute approximate surface area is 103 Å². The van der Waals surface area contributed by atoms with E-state index in [2.05, 4.69) is 4.98 Å². The molecule has 1 heterocycles. The van der Waals surface area contributed by atoms with Crippen molar-refractivity contribution in [1.29, 1.82) is 0 Å². The first-order valence-corrected chi connectivity index (χ1v) is 5.42. The Bertz CT molecular complexity index is 571. The Kier molecular flexibility index (Phi) is 3.72. The Hall–Kier alpha value is -2.17. The van der Waals surface area contributed by atoms with Crippen molar-refractivity contribution < 1.29 is 18.7 Å². The molecule has 1 aromatic heterocycles. The largest absolute Gasteiger partial charge is 0.491 e. The summed E-state index contributed by atoms with van der Waals surface area (Å²) in [4.78, 5) is 15.7. The summed E-state index contributed by atoms with van der Waals surface area (Å²) in [6, 6.07) is 6.64. The Morgan fingerprint density at radius 1 is 1.39 bits per heavy atom. The maximum Gasteiger partial charge on any atom is 0.338 e. The standard InChI is InChI=1S/C13H12FNO3/c1-17-13(16)10-4-6-15-12-3-2-9(8-11(10)12)18-7-5-14/h2-4,6,8H,5,7H2,1H3. The van der Waals surface area contributed by atoms with Gasteiger partial charge in [0, 0.05) is 11.6 Å². The SMILES string of the molecule is COC(=O)c1ccnc2ccc(OCCF)cc12. The molecule has 0 saturated heterocycles. The summed E-state index contributed by atoms with van der Waals surface area (Å²) < 4.78 is 21.9. The molecular weight excluding hydrogens is 237 g/mol. The van der Waals surface area contributed by atoms with Crippen molar-refractivity contribution >= 4 is 16.9 Å². The number of aromatic nitrogens is 1. The fourth-order valence-corrected chi connectivity index (χ4v) is 1.66. The molecule has 0 amide bonds. The average Bonchev–Trinajstić information content (AvgIpc) is 2.43. The van der Waals surface area contributed by atoms with E-state index in [-0.39, 0.29) is 6.61 Å². The van der Waals surface area contributed by atoms with E-state index in [4.69, 9.17) is 9.47 Å². The summed E-state index contributed by atoms with van der Waals surface area (Å²) in [6.45, 7) is -0.575. The first-order chi connectivity index (χ1) is 8.76. The number of carbonyl (C=O) groups is 1. The van der Waals surface area contributed by atoms with E-state index in [1.165, 1.54) is 13.3 Å². The third-order valence-corrected chi connectivity index (χ3v) is 2.46. The highest BCUT2D eigenvalue weighted by molar-refractivity contribution is 6.03. The van der Waals surface area contributed by atoms with Crippen LogP contribution in [0.5, 0.6) is 5.75 Å². The van der Waals surface area contributed by atoms with Crippen molar-refractivity contribution in [2.45, 2.75) is 0 Å². The zero-order valence-electron chi connectivity index (χ0n) is 9.85. The van der Waals surface area contributed by atoms with Crippen LogP contribution in [0.15, 0.2) is 30.5 Å². The van der Waals surface area contributed by atoms with Crippen molar-refractivity contribution in [2.75, 3.05) is 20.4 Å². The first kappa shape index (κ1) is 12.3. The van der Waals surface area contributed by atoms with Crippen molar-refractivity contribution in [3.05, 3.63) is 36.0 Å². The summed E-state index contributed by atoms with van der Waals surface area (Å²) >= 11 is 0. The molecule has 1 aromatic carbocycles. The van der Waals surface area contributed by atoms with Gasteiger partial charge in [0.25, 0.3) is 0 Å². The minimum atomic E-state index is -0.561. The number of ether oxygens (including phenoxy) is 2. The highest BCUT2D eigenvalue weighted by Crippen LogP contribution is 2.23. The van der Waals surface area contributed by atoms with Gasteiger partial charge in [0.05, 0.1) is 18.2 Å². The van der Waals surface area contributed by atoms with Gasteiger partial charge < -0.3 is 9.47 Å². The Morgan fingerprint density at radius 2 is 2.22 bits per heavy atom. The predicted octanol–water partition coefficient (Wildman–Crippen LogP) is 2.37. The summed E-state index contributed by atoms with van der Waals surface area (Å²) in [5.74, 6) is 0.0587. The number of esters is 1. The van der Waals surface area contributed by atoms with E-state index in [1.54, 1.807) is 24.3 Å². The molecule has 5 heteroatoms. The maximum atomic E-state index is 12.0. The summed E-state index contributed by atoms with van der Waals surface area (Å²) in [5.41, 5.74) is 1.07. The lowest BCUT2D eigenvalue weighted by Gasteiger charge is -2.07. The molecule has 0 saturated carbocycles. The van der Waals surface area contributed by atoms with Crippen LogP contribution < -0.4 is 4.74 Å². The molecule has 94 valence electrons. The van der Waals surface area contributed by atoms with Gasteiger partial charge in [0.1, 0.15) is 19.0 Å². The monoisotopic (exact) mass is 249 g/mol. The lowest BCUT2D eigenvalue weighted by atomic mass is 10.1. The molecular formula is C13H12FNO3. The first-order valence-electron chi connectivity index (χ1n) is 5.42. The van der Waals surface area contributed by atoms with Crippen LogP contribution in [0.1, 0.15) is 10.4 Å². The lowest BCUT2D eigenvalue weighted by molar-refractivity contribution is 0.0603. The molecule has 18 heavy (non-hydrogen) atoms. The third-order valence-electron chi connectivity index (χ3n) is 2.46. The quantitative estimate of drug-likeness (QED) is 0.780. The Morgan fingerprint density at radius 3 is 2.94 bits per heavy atom. The van der Waals surface area contributed by atoms with Gasteiger partial charge in [-0.25, -0.2) is 9.18 Å². The zero-order valence-corrected chi connectivity index (χ0v) is 9.85. The molecule has 0 N–H and O–H groups in total. The Balaban J connectivity index is 2.48. The van der Waals surface area contributed by atoms with Crippen LogP contribution in [0.3, 0.4) is 0 Å². The number of alkyl halides is 1. The van der Waals surface area contributed by atoms with E-state index in [1.807, 2.05) is 0 Å². The molecule has 2 aromatic rings. The molecule has 0 unspecified atom stereocenters. The van der Waals surface area contributed by atoms with E-state index in [9.17, 15) is 9.18 Å². The molecule has 0 bridgehead atoms. The molecule has 0 spiro atoms. The number of hydrogen-bond acceptors (Lipinski definition) is 4. The van der Waals surface area contributed by atoms with E-state index < -0.39 is 12.6 Å². The number of pyridine rings is 1. The van der Waals surface area contributed by atoms with Gasteiger partial charge in [0.2, 0.25) is 0 Å². The predicted molar refractivity (Wildman–Crippen MR) is 64.6 cm³/mol. The fourth-order valence-electron chi connectivity index (χ4n) is 1.66. The van der Waals surface area contributed by atoms with Crippen molar-refractivity contribution in [3.63, 3.8) is 0 Å². The van der Waals surface area contributed by atoms with Crippen molar-refractivity contribution in [3.8, 4) is 5.75 Å². The minimum absolute atomic E-state index is 0.0146. The van der Waals surface area contributed by atoms with Gasteiger partial charge in [-0.3, -0.25) is 4.98 Å². The van der Waals surface area contributed by atoms with Crippen LogP contribution in [0, 0.1) is 0 Å². The normalized spacial score (nSPS) is 10.3. The zero-order chi connectivity index (χ0) is 13.0. The summed E-state index contributed by atoms with van der Waals surface area (Å²) in [6.07, 6.45) is 1.54. The van der Waals surface area contributed by atoms with Crippen LogP contribution in [0.2, 0.25) is 0 Å². The number of carbonyl (C=O) groups excluding carboxylic acids is 1. The summed E-state index contributed by atoms with van der Waals surface area (Å²) in [7, 11) is 1.32. The van der Waals surface area contributed by atoms with Crippen LogP contribution in [-0.2, 0) is 4.74 Å². The minimum Gasteiger partial charge on any atom is -0.491 e. The van der Waals surface area contributed by atoms with Crippen LogP contribution in [0.25, 0.3) is 10.9 Å². The van der Waals surface area contributed by atoms with Crippen molar-refractivity contribution in [2.24, 2.45) is 0 Å². The van der Waals surface area contributed by atoms with Gasteiger partial charge in [-0.2, -0.15) is 0 Å². The number of methoxy groups -OCH3 is 1. The van der Waals surface area contributed by atoms with Gasteiger partial charge in [-0.05, 0) is 24.3 Å². The highest BCUT2D eigenvalue weighted by atomic mass is 19.1. The number of hydrogen-bond donors (Lipinski definition) is 0. The number of benzene rings is 1. The van der Waals surface area contributed by atoms with Crippen LogP contribution >= 0.6 is 0 Å². The van der Waals surface area contributed by atoms with Gasteiger partial charge in [-0.15, -0.1) is 0 Å². The third kappa shape index (κ3) is 2.40. The number of rotatable bonds is 4. The molecule has 2 rings (SSSR count). The van der Waals surface area contributed by atoms with E-state index in [0.717, 1.165) is 0 Å². The number of halogens is 1. The second kappa shape index (κ2) is 5.44. The molecule has 0 atom stereocenters. The molecule has 0 aliphatic rings. The molecule has 0 fully saturated rings. The number of fused-ring (bicyclic) bond motifs is 1. The maximum absolute atomic E-state index is 12.0. The average molecular weight is 249 g/mol. The lowest BCUT2D eigenvalue weighted by Crippen LogP contribution is -2.03. The topological polar surface area (TPSA) is 48.4 Å².